The average molecular weight is 256 g/mol. The molecule has 2 N–H and O–H groups in total. The molecule has 0 amide bonds. The van der Waals surface area contributed by atoms with Crippen LogP contribution < -0.4 is 5.73 Å². The van der Waals surface area contributed by atoms with Crippen LogP contribution in [0.2, 0.25) is 0 Å². The van der Waals surface area contributed by atoms with Gasteiger partial charge in [-0.25, -0.2) is 0 Å². The van der Waals surface area contributed by atoms with Crippen LogP contribution >= 0.6 is 11.8 Å². The van der Waals surface area contributed by atoms with Crippen molar-refractivity contribution in [1.82, 2.24) is 4.90 Å². The minimum absolute atomic E-state index is 0.457. The third-order valence-corrected chi connectivity index (χ3v) is 5.96. The Kier molecular flexibility index (Phi) is 5.19. The Labute approximate surface area is 111 Å². The Morgan fingerprint density at radius 2 is 2.06 bits per heavy atom. The van der Waals surface area contributed by atoms with Gasteiger partial charge in [-0.05, 0) is 31.2 Å². The van der Waals surface area contributed by atoms with E-state index < -0.39 is 0 Å². The smallest absolute Gasteiger partial charge is 0.0172 e. The SMILES string of the molecule is CCC1CN(CC2(CN)CCCCC2)CCS1. The van der Waals surface area contributed by atoms with Gasteiger partial charge in [-0.3, -0.25) is 0 Å². The first-order chi connectivity index (χ1) is 8.28. The zero-order chi connectivity index (χ0) is 12.1. The molecule has 2 aliphatic rings. The Morgan fingerprint density at radius 1 is 1.29 bits per heavy atom. The largest absolute Gasteiger partial charge is 0.330 e. The maximum atomic E-state index is 6.09. The molecule has 0 aromatic rings. The van der Waals surface area contributed by atoms with E-state index in [1.807, 2.05) is 0 Å². The molecule has 1 aliphatic carbocycles. The van der Waals surface area contributed by atoms with E-state index in [0.717, 1.165) is 11.8 Å². The van der Waals surface area contributed by atoms with E-state index in [-0.39, 0.29) is 0 Å². The third-order valence-electron chi connectivity index (χ3n) is 4.58. The Bertz CT molecular complexity index is 226. The summed E-state index contributed by atoms with van der Waals surface area (Å²) in [5.41, 5.74) is 6.55. The van der Waals surface area contributed by atoms with E-state index in [9.17, 15) is 0 Å². The highest BCUT2D eigenvalue weighted by atomic mass is 32.2. The van der Waals surface area contributed by atoms with Crippen LogP contribution in [-0.4, -0.2) is 42.1 Å². The van der Waals surface area contributed by atoms with Crippen molar-refractivity contribution in [1.29, 1.82) is 0 Å². The van der Waals surface area contributed by atoms with Crippen molar-refractivity contribution >= 4 is 11.8 Å². The van der Waals surface area contributed by atoms with Crippen LogP contribution in [-0.2, 0) is 0 Å². The van der Waals surface area contributed by atoms with Crippen molar-refractivity contribution in [2.45, 2.75) is 50.7 Å². The number of nitrogens with zero attached hydrogens (tertiary/aromatic N) is 1. The van der Waals surface area contributed by atoms with E-state index in [1.165, 1.54) is 63.9 Å². The third kappa shape index (κ3) is 3.62. The van der Waals surface area contributed by atoms with Crippen LogP contribution in [0.25, 0.3) is 0 Å². The zero-order valence-electron chi connectivity index (χ0n) is 11.3. The maximum absolute atomic E-state index is 6.09. The van der Waals surface area contributed by atoms with E-state index in [1.54, 1.807) is 0 Å². The first-order valence-electron chi connectivity index (χ1n) is 7.32. The van der Waals surface area contributed by atoms with Crippen LogP contribution in [0.1, 0.15) is 45.4 Å². The van der Waals surface area contributed by atoms with E-state index in [4.69, 9.17) is 5.73 Å². The molecule has 1 unspecified atom stereocenters. The molecule has 2 fully saturated rings. The number of hydrogen-bond donors (Lipinski definition) is 1. The normalized spacial score (nSPS) is 30.4. The molecule has 0 aromatic heterocycles. The summed E-state index contributed by atoms with van der Waals surface area (Å²) in [6.07, 6.45) is 8.27. The fraction of sp³-hybridized carbons (Fsp3) is 1.00. The van der Waals surface area contributed by atoms with E-state index in [0.29, 0.717) is 5.41 Å². The van der Waals surface area contributed by atoms with Gasteiger partial charge in [-0.2, -0.15) is 11.8 Å². The molecule has 1 heterocycles. The second-order valence-corrected chi connectivity index (χ2v) is 7.31. The van der Waals surface area contributed by atoms with Crippen molar-refractivity contribution in [2.75, 3.05) is 31.9 Å². The monoisotopic (exact) mass is 256 g/mol. The van der Waals surface area contributed by atoms with Gasteiger partial charge in [0.15, 0.2) is 0 Å². The summed E-state index contributed by atoms with van der Waals surface area (Å²) >= 11 is 2.16. The number of nitrogens with two attached hydrogens (primary N) is 1. The lowest BCUT2D eigenvalue weighted by molar-refractivity contribution is 0.113. The molecule has 2 rings (SSSR count). The molecule has 17 heavy (non-hydrogen) atoms. The minimum atomic E-state index is 0.457. The van der Waals surface area contributed by atoms with Crippen molar-refractivity contribution in [3.05, 3.63) is 0 Å². The number of rotatable bonds is 4. The molecule has 0 spiro atoms. The molecule has 1 saturated carbocycles. The molecule has 2 nitrogen and oxygen atoms in total. The summed E-state index contributed by atoms with van der Waals surface area (Å²) in [7, 11) is 0. The second kappa shape index (κ2) is 6.44. The van der Waals surface area contributed by atoms with Gasteiger partial charge in [0.2, 0.25) is 0 Å². The summed E-state index contributed by atoms with van der Waals surface area (Å²) in [6.45, 7) is 7.06. The summed E-state index contributed by atoms with van der Waals surface area (Å²) in [4.78, 5) is 2.70. The van der Waals surface area contributed by atoms with Crippen LogP contribution in [0.3, 0.4) is 0 Å². The van der Waals surface area contributed by atoms with Crippen molar-refractivity contribution in [2.24, 2.45) is 11.1 Å². The summed E-state index contributed by atoms with van der Waals surface area (Å²) < 4.78 is 0. The molecule has 1 atom stereocenters. The fourth-order valence-corrected chi connectivity index (χ4v) is 4.62. The van der Waals surface area contributed by atoms with Gasteiger partial charge in [0.25, 0.3) is 0 Å². The Morgan fingerprint density at radius 3 is 2.71 bits per heavy atom. The maximum Gasteiger partial charge on any atom is 0.0172 e. The molecule has 1 saturated heterocycles. The molecular weight excluding hydrogens is 228 g/mol. The quantitative estimate of drug-likeness (QED) is 0.838. The average Bonchev–Trinajstić information content (AvgIpc) is 2.40. The Balaban J connectivity index is 1.88. The van der Waals surface area contributed by atoms with Gasteiger partial charge in [0.1, 0.15) is 0 Å². The van der Waals surface area contributed by atoms with Gasteiger partial charge in [-0.15, -0.1) is 0 Å². The lowest BCUT2D eigenvalue weighted by Crippen LogP contribution is -2.48. The van der Waals surface area contributed by atoms with Gasteiger partial charge in [0.05, 0.1) is 0 Å². The highest BCUT2D eigenvalue weighted by molar-refractivity contribution is 8.00. The van der Waals surface area contributed by atoms with Crippen LogP contribution in [0.15, 0.2) is 0 Å². The molecule has 1 aliphatic heterocycles. The summed E-state index contributed by atoms with van der Waals surface area (Å²) in [5.74, 6) is 1.32. The van der Waals surface area contributed by atoms with Gasteiger partial charge in [0, 0.05) is 30.6 Å². The molecule has 100 valence electrons. The zero-order valence-corrected chi connectivity index (χ0v) is 12.1. The molecular formula is C14H28N2S. The van der Waals surface area contributed by atoms with Crippen molar-refractivity contribution in [3.63, 3.8) is 0 Å². The van der Waals surface area contributed by atoms with E-state index >= 15 is 0 Å². The fourth-order valence-electron chi connectivity index (χ4n) is 3.37. The van der Waals surface area contributed by atoms with Crippen molar-refractivity contribution in [3.8, 4) is 0 Å². The standard InChI is InChI=1S/C14H28N2S/c1-2-13-10-16(8-9-17-13)12-14(11-15)6-4-3-5-7-14/h13H,2-12,15H2,1H3. The molecule has 3 heteroatoms. The predicted octanol–water partition coefficient (Wildman–Crippen LogP) is 2.72. The first-order valence-corrected chi connectivity index (χ1v) is 8.37. The highest BCUT2D eigenvalue weighted by Crippen LogP contribution is 2.37. The van der Waals surface area contributed by atoms with Crippen LogP contribution in [0.5, 0.6) is 0 Å². The number of hydrogen-bond acceptors (Lipinski definition) is 3. The Hall–Kier alpha value is 0.270. The predicted molar refractivity (Wildman–Crippen MR) is 77.5 cm³/mol. The minimum Gasteiger partial charge on any atom is -0.330 e. The van der Waals surface area contributed by atoms with Gasteiger partial charge >= 0.3 is 0 Å². The summed E-state index contributed by atoms with van der Waals surface area (Å²) in [6, 6.07) is 0. The molecule has 0 aromatic carbocycles. The topological polar surface area (TPSA) is 29.3 Å². The highest BCUT2D eigenvalue weighted by Gasteiger charge is 2.33. The molecule has 0 bridgehead atoms. The lowest BCUT2D eigenvalue weighted by Gasteiger charge is -2.42. The van der Waals surface area contributed by atoms with Gasteiger partial charge in [-0.1, -0.05) is 26.2 Å². The van der Waals surface area contributed by atoms with E-state index in [2.05, 4.69) is 23.6 Å². The van der Waals surface area contributed by atoms with Crippen LogP contribution in [0, 0.1) is 5.41 Å². The second-order valence-electron chi connectivity index (χ2n) is 5.90. The molecule has 0 radical (unpaired) electrons. The first kappa shape index (κ1) is 13.7. The summed E-state index contributed by atoms with van der Waals surface area (Å²) in [5, 5.41) is 0.863. The van der Waals surface area contributed by atoms with Crippen molar-refractivity contribution < 1.29 is 0 Å². The lowest BCUT2D eigenvalue weighted by atomic mass is 9.73. The van der Waals surface area contributed by atoms with Crippen LogP contribution in [0.4, 0.5) is 0 Å². The number of thioether (sulfide) groups is 1. The van der Waals surface area contributed by atoms with Gasteiger partial charge < -0.3 is 10.6 Å².